The topological polar surface area (TPSA) is 3.24 Å². The van der Waals surface area contributed by atoms with Crippen molar-refractivity contribution >= 4 is 15.9 Å². The van der Waals surface area contributed by atoms with Crippen LogP contribution in [0.3, 0.4) is 0 Å². The van der Waals surface area contributed by atoms with Gasteiger partial charge in [-0.1, -0.05) is 18.2 Å². The maximum atomic E-state index is 2.69. The minimum absolute atomic E-state index is 0.564. The molecular formula is C14H23NS. The molecular weight excluding hydrogens is 214 g/mol. The highest BCUT2D eigenvalue weighted by atomic mass is 32.3. The van der Waals surface area contributed by atoms with Crippen LogP contribution in [-0.2, 0) is 0 Å². The highest BCUT2D eigenvalue weighted by Crippen LogP contribution is 2.56. The van der Waals surface area contributed by atoms with Gasteiger partial charge in [-0.3, -0.25) is 0 Å². The van der Waals surface area contributed by atoms with Gasteiger partial charge in [0, 0.05) is 11.7 Å². The molecule has 1 aromatic carbocycles. The number of benzene rings is 1. The van der Waals surface area contributed by atoms with E-state index >= 15 is 0 Å². The van der Waals surface area contributed by atoms with E-state index in [0.717, 1.165) is 0 Å². The lowest BCUT2D eigenvalue weighted by molar-refractivity contribution is 0.829. The molecule has 0 amide bonds. The summed E-state index contributed by atoms with van der Waals surface area (Å²) in [7, 11) is -0.564. The second kappa shape index (κ2) is 4.70. The van der Waals surface area contributed by atoms with Crippen molar-refractivity contribution in [3.63, 3.8) is 0 Å². The minimum atomic E-state index is -0.564. The zero-order valence-corrected chi connectivity index (χ0v) is 11.5. The van der Waals surface area contributed by atoms with Gasteiger partial charge in [-0.05, 0) is 56.6 Å². The molecule has 1 nitrogen and oxygen atoms in total. The molecule has 1 aliphatic rings. The van der Waals surface area contributed by atoms with Crippen molar-refractivity contribution in [2.75, 3.05) is 22.1 Å². The van der Waals surface area contributed by atoms with Gasteiger partial charge in [0.1, 0.15) is 0 Å². The monoisotopic (exact) mass is 237 g/mol. The Labute approximate surface area is 101 Å². The molecule has 16 heavy (non-hydrogen) atoms. The first kappa shape index (κ1) is 11.8. The third-order valence-corrected chi connectivity index (χ3v) is 7.29. The average molecular weight is 237 g/mol. The molecule has 0 bridgehead atoms. The Kier molecular flexibility index (Phi) is 3.48. The molecule has 2 heteroatoms. The highest BCUT2D eigenvalue weighted by molar-refractivity contribution is 8.34. The summed E-state index contributed by atoms with van der Waals surface area (Å²) in [5.74, 6) is 2.83. The fourth-order valence-corrected chi connectivity index (χ4v) is 6.66. The average Bonchev–Trinajstić information content (AvgIpc) is 2.67. The van der Waals surface area contributed by atoms with Gasteiger partial charge in [0.2, 0.25) is 0 Å². The highest BCUT2D eigenvalue weighted by Gasteiger charge is 2.31. The number of hydrogen-bond donors (Lipinski definition) is 0. The van der Waals surface area contributed by atoms with Crippen LogP contribution in [-0.4, -0.2) is 23.8 Å². The van der Waals surface area contributed by atoms with E-state index in [1.807, 2.05) is 0 Å². The standard InChI is InChI=1S/C14H23NS/c1-13(2)15(14-9-5-4-6-10-14)16(3)11-7-8-12-16/h4-6,9-10,13H,7-8,11-12H2,1-3H3. The Balaban J connectivity index is 2.31. The lowest BCUT2D eigenvalue weighted by atomic mass is 10.3. The quantitative estimate of drug-likeness (QED) is 0.767. The lowest BCUT2D eigenvalue weighted by Crippen LogP contribution is -2.34. The third kappa shape index (κ3) is 2.22. The zero-order valence-electron chi connectivity index (χ0n) is 10.6. The normalized spacial score (nSPS) is 21.0. The van der Waals surface area contributed by atoms with E-state index in [4.69, 9.17) is 0 Å². The van der Waals surface area contributed by atoms with E-state index in [1.54, 1.807) is 0 Å². The van der Waals surface area contributed by atoms with Crippen molar-refractivity contribution in [1.29, 1.82) is 0 Å². The predicted octanol–water partition coefficient (Wildman–Crippen LogP) is 4.04. The number of nitrogens with zero attached hydrogens (tertiary/aromatic N) is 1. The van der Waals surface area contributed by atoms with E-state index in [9.17, 15) is 0 Å². The summed E-state index contributed by atoms with van der Waals surface area (Å²) in [5, 5.41) is 0. The number of rotatable bonds is 3. The first-order valence-electron chi connectivity index (χ1n) is 6.22. The SMILES string of the molecule is CC(C)N(c1ccccc1)S1(C)CCCC1. The van der Waals surface area contributed by atoms with Crippen LogP contribution in [0.15, 0.2) is 30.3 Å². The van der Waals surface area contributed by atoms with Gasteiger partial charge in [-0.15, -0.1) is 0 Å². The van der Waals surface area contributed by atoms with Crippen LogP contribution < -0.4 is 4.31 Å². The summed E-state index contributed by atoms with van der Waals surface area (Å²) in [6, 6.07) is 11.5. The Morgan fingerprint density at radius 2 is 1.62 bits per heavy atom. The van der Waals surface area contributed by atoms with Crippen molar-refractivity contribution in [2.24, 2.45) is 0 Å². The Morgan fingerprint density at radius 3 is 2.12 bits per heavy atom. The molecule has 0 atom stereocenters. The van der Waals surface area contributed by atoms with Gasteiger partial charge >= 0.3 is 0 Å². The molecule has 1 aliphatic heterocycles. The third-order valence-electron chi connectivity index (χ3n) is 3.37. The Hall–Kier alpha value is -0.630. The molecule has 2 rings (SSSR count). The molecule has 0 unspecified atom stereocenters. The molecule has 0 aliphatic carbocycles. The van der Waals surface area contributed by atoms with Crippen molar-refractivity contribution in [1.82, 2.24) is 0 Å². The van der Waals surface area contributed by atoms with Gasteiger partial charge in [-0.25, -0.2) is 0 Å². The van der Waals surface area contributed by atoms with Crippen LogP contribution >= 0.6 is 10.2 Å². The zero-order chi connectivity index (χ0) is 11.6. The summed E-state index contributed by atoms with van der Waals surface area (Å²) < 4.78 is 2.69. The van der Waals surface area contributed by atoms with Crippen LogP contribution in [0.4, 0.5) is 5.69 Å². The number of hydrogen-bond acceptors (Lipinski definition) is 1. The van der Waals surface area contributed by atoms with Gasteiger partial charge in [0.05, 0.1) is 0 Å². The maximum Gasteiger partial charge on any atom is 0.0456 e. The molecule has 1 fully saturated rings. The van der Waals surface area contributed by atoms with Crippen molar-refractivity contribution < 1.29 is 0 Å². The Morgan fingerprint density at radius 1 is 1.06 bits per heavy atom. The fourth-order valence-electron chi connectivity index (χ4n) is 2.76. The van der Waals surface area contributed by atoms with E-state index in [0.29, 0.717) is 6.04 Å². The summed E-state index contributed by atoms with van der Waals surface area (Å²) in [6.45, 7) is 4.65. The van der Waals surface area contributed by atoms with E-state index in [-0.39, 0.29) is 0 Å². The molecule has 90 valence electrons. The second-order valence-electron chi connectivity index (χ2n) is 5.09. The maximum absolute atomic E-state index is 2.69. The summed E-state index contributed by atoms with van der Waals surface area (Å²) in [6.07, 6.45) is 5.34. The first-order valence-corrected chi connectivity index (χ1v) is 8.55. The Bertz CT molecular complexity index is 328. The first-order chi connectivity index (χ1) is 7.63. The van der Waals surface area contributed by atoms with Crippen LogP contribution in [0.1, 0.15) is 26.7 Å². The minimum Gasteiger partial charge on any atom is -0.332 e. The van der Waals surface area contributed by atoms with Gasteiger partial charge in [0.15, 0.2) is 0 Å². The lowest BCUT2D eigenvalue weighted by Gasteiger charge is -2.47. The molecule has 1 saturated heterocycles. The molecule has 1 aromatic rings. The van der Waals surface area contributed by atoms with Crippen LogP contribution in [0, 0.1) is 0 Å². The van der Waals surface area contributed by atoms with Crippen molar-refractivity contribution in [2.45, 2.75) is 32.7 Å². The summed E-state index contributed by atoms with van der Waals surface area (Å²) >= 11 is 0. The van der Waals surface area contributed by atoms with Gasteiger partial charge in [-0.2, -0.15) is 10.2 Å². The van der Waals surface area contributed by atoms with E-state index < -0.39 is 10.2 Å². The molecule has 0 radical (unpaired) electrons. The predicted molar refractivity (Wildman–Crippen MR) is 76.5 cm³/mol. The molecule has 0 saturated carbocycles. The smallest absolute Gasteiger partial charge is 0.0456 e. The van der Waals surface area contributed by atoms with Crippen LogP contribution in [0.25, 0.3) is 0 Å². The largest absolute Gasteiger partial charge is 0.332 e. The van der Waals surface area contributed by atoms with Crippen LogP contribution in [0.5, 0.6) is 0 Å². The molecule has 0 aromatic heterocycles. The van der Waals surface area contributed by atoms with Crippen LogP contribution in [0.2, 0.25) is 0 Å². The van der Waals surface area contributed by atoms with E-state index in [1.165, 1.54) is 30.0 Å². The van der Waals surface area contributed by atoms with Gasteiger partial charge in [0.25, 0.3) is 0 Å². The molecule has 0 spiro atoms. The summed E-state index contributed by atoms with van der Waals surface area (Å²) in [4.78, 5) is 0. The van der Waals surface area contributed by atoms with E-state index in [2.05, 4.69) is 54.7 Å². The summed E-state index contributed by atoms with van der Waals surface area (Å²) in [5.41, 5.74) is 1.41. The number of anilines is 1. The molecule has 0 N–H and O–H groups in total. The molecule has 1 heterocycles. The second-order valence-corrected chi connectivity index (χ2v) is 8.75. The van der Waals surface area contributed by atoms with Crippen molar-refractivity contribution in [3.8, 4) is 0 Å². The number of para-hydroxylation sites is 1. The van der Waals surface area contributed by atoms with Gasteiger partial charge < -0.3 is 4.31 Å². The van der Waals surface area contributed by atoms with Crippen molar-refractivity contribution in [3.05, 3.63) is 30.3 Å². The fraction of sp³-hybridized carbons (Fsp3) is 0.571.